The number of nitrogens with zero attached hydrogens (tertiary/aromatic N) is 1. The molecular formula is C25H24ClIN2O3. The average Bonchev–Trinajstić information content (AvgIpc) is 2.82. The van der Waals surface area contributed by atoms with Crippen LogP contribution in [0.2, 0.25) is 5.02 Å². The van der Waals surface area contributed by atoms with Crippen molar-refractivity contribution in [2.45, 2.75) is 19.0 Å². The van der Waals surface area contributed by atoms with Crippen LogP contribution >= 0.6 is 34.2 Å². The first-order valence-electron chi connectivity index (χ1n) is 10.1. The second kappa shape index (κ2) is 11.9. The molecule has 0 heterocycles. The maximum absolute atomic E-state index is 13.3. The zero-order valence-corrected chi connectivity index (χ0v) is 20.5. The highest BCUT2D eigenvalue weighted by Crippen LogP contribution is 2.21. The van der Waals surface area contributed by atoms with E-state index in [2.05, 4.69) is 27.9 Å². The third-order valence-corrected chi connectivity index (χ3v) is 6.08. The number of hydrogen-bond acceptors (Lipinski definition) is 3. The van der Waals surface area contributed by atoms with Crippen molar-refractivity contribution in [2.24, 2.45) is 0 Å². The van der Waals surface area contributed by atoms with Crippen LogP contribution in [0.5, 0.6) is 5.75 Å². The van der Waals surface area contributed by atoms with Gasteiger partial charge in [0, 0.05) is 28.6 Å². The molecule has 0 bridgehead atoms. The zero-order valence-electron chi connectivity index (χ0n) is 17.6. The van der Waals surface area contributed by atoms with Crippen molar-refractivity contribution < 1.29 is 14.3 Å². The molecule has 7 heteroatoms. The molecule has 166 valence electrons. The van der Waals surface area contributed by atoms with E-state index in [0.717, 1.165) is 14.7 Å². The lowest BCUT2D eigenvalue weighted by molar-refractivity contribution is -0.142. The molecule has 0 fully saturated rings. The van der Waals surface area contributed by atoms with Gasteiger partial charge >= 0.3 is 0 Å². The van der Waals surface area contributed by atoms with Crippen LogP contribution in [0, 0.1) is 3.57 Å². The fourth-order valence-electron chi connectivity index (χ4n) is 3.29. The Labute approximate surface area is 206 Å². The number of ether oxygens (including phenoxy) is 1. The molecule has 0 aromatic heterocycles. The molecular weight excluding hydrogens is 539 g/mol. The molecule has 0 saturated carbocycles. The lowest BCUT2D eigenvalue weighted by Gasteiger charge is -2.31. The van der Waals surface area contributed by atoms with Gasteiger partial charge in [0.25, 0.3) is 5.91 Å². The molecule has 1 atom stereocenters. The predicted octanol–water partition coefficient (Wildman–Crippen LogP) is 4.71. The third-order valence-electron chi connectivity index (χ3n) is 4.99. The van der Waals surface area contributed by atoms with Crippen molar-refractivity contribution in [1.29, 1.82) is 0 Å². The monoisotopic (exact) mass is 562 g/mol. The number of likely N-dealkylation sites (N-methyl/N-ethyl adjacent to an activating group) is 1. The number of nitrogens with one attached hydrogen (secondary N) is 1. The summed E-state index contributed by atoms with van der Waals surface area (Å²) in [5.74, 6) is 0.0486. The number of carbonyl (C=O) groups is 2. The van der Waals surface area contributed by atoms with Crippen LogP contribution in [0.15, 0.2) is 78.9 Å². The Kier molecular flexibility index (Phi) is 8.93. The first kappa shape index (κ1) is 24.1. The number of amides is 2. The Morgan fingerprint density at radius 3 is 2.31 bits per heavy atom. The summed E-state index contributed by atoms with van der Waals surface area (Å²) < 4.78 is 6.80. The van der Waals surface area contributed by atoms with E-state index in [-0.39, 0.29) is 25.0 Å². The van der Waals surface area contributed by atoms with E-state index in [1.165, 1.54) is 0 Å². The number of rotatable bonds is 9. The van der Waals surface area contributed by atoms with Gasteiger partial charge < -0.3 is 15.0 Å². The summed E-state index contributed by atoms with van der Waals surface area (Å²) in [7, 11) is 1.57. The van der Waals surface area contributed by atoms with Gasteiger partial charge in [-0.3, -0.25) is 9.59 Å². The van der Waals surface area contributed by atoms with E-state index < -0.39 is 6.04 Å². The average molecular weight is 563 g/mol. The second-order valence-corrected chi connectivity index (χ2v) is 8.83. The number of halogens is 2. The van der Waals surface area contributed by atoms with Crippen LogP contribution in [0.4, 0.5) is 0 Å². The maximum Gasteiger partial charge on any atom is 0.261 e. The lowest BCUT2D eigenvalue weighted by Crippen LogP contribution is -2.51. The largest absolute Gasteiger partial charge is 0.484 e. The molecule has 0 unspecified atom stereocenters. The summed E-state index contributed by atoms with van der Waals surface area (Å²) in [6.45, 7) is 0.00675. The molecule has 0 aliphatic rings. The molecule has 0 spiro atoms. The summed E-state index contributed by atoms with van der Waals surface area (Å²) >= 11 is 8.58. The molecule has 0 radical (unpaired) electrons. The Bertz CT molecular complexity index is 1040. The van der Waals surface area contributed by atoms with Crippen molar-refractivity contribution in [3.8, 4) is 5.75 Å². The van der Waals surface area contributed by atoms with Crippen LogP contribution in [0.25, 0.3) is 0 Å². The smallest absolute Gasteiger partial charge is 0.261 e. The van der Waals surface area contributed by atoms with Gasteiger partial charge in [0.05, 0.1) is 0 Å². The molecule has 0 saturated heterocycles. The minimum Gasteiger partial charge on any atom is -0.484 e. The molecule has 3 rings (SSSR count). The van der Waals surface area contributed by atoms with Crippen LogP contribution in [0.1, 0.15) is 11.1 Å². The van der Waals surface area contributed by atoms with Crippen molar-refractivity contribution in [3.05, 3.63) is 98.6 Å². The van der Waals surface area contributed by atoms with E-state index in [9.17, 15) is 9.59 Å². The summed E-state index contributed by atoms with van der Waals surface area (Å²) in [5, 5.41) is 3.23. The van der Waals surface area contributed by atoms with Crippen molar-refractivity contribution in [3.63, 3.8) is 0 Å². The van der Waals surface area contributed by atoms with Crippen LogP contribution in [-0.2, 0) is 22.6 Å². The fourth-order valence-corrected chi connectivity index (χ4v) is 3.84. The van der Waals surface area contributed by atoms with E-state index in [1.807, 2.05) is 72.8 Å². The third kappa shape index (κ3) is 6.71. The Hall–Kier alpha value is -2.58. The van der Waals surface area contributed by atoms with Crippen molar-refractivity contribution in [2.75, 3.05) is 13.7 Å². The van der Waals surface area contributed by atoms with Gasteiger partial charge in [0.15, 0.2) is 6.61 Å². The Morgan fingerprint density at radius 1 is 1.00 bits per heavy atom. The molecule has 3 aromatic rings. The van der Waals surface area contributed by atoms with Crippen molar-refractivity contribution in [1.82, 2.24) is 10.2 Å². The molecule has 32 heavy (non-hydrogen) atoms. The molecule has 3 aromatic carbocycles. The van der Waals surface area contributed by atoms with Crippen molar-refractivity contribution >= 4 is 46.0 Å². The topological polar surface area (TPSA) is 58.6 Å². The normalized spacial score (nSPS) is 11.5. The highest BCUT2D eigenvalue weighted by atomic mass is 127. The minimum absolute atomic E-state index is 0.187. The molecule has 0 aliphatic carbocycles. The van der Waals surface area contributed by atoms with Gasteiger partial charge in [-0.15, -0.1) is 0 Å². The standard InChI is InChI=1S/C25H24ClIN2O3/c1-28-25(31)23(15-18-7-3-2-4-8-18)29(16-19-9-5-6-10-22(19)26)24(30)17-32-21-13-11-20(27)12-14-21/h2-14,23H,15-17H2,1H3,(H,28,31)/t23-/m1/s1. The second-order valence-electron chi connectivity index (χ2n) is 7.18. The molecule has 5 nitrogen and oxygen atoms in total. The number of hydrogen-bond donors (Lipinski definition) is 1. The first-order chi connectivity index (χ1) is 15.5. The molecule has 1 N–H and O–H groups in total. The van der Waals surface area contributed by atoms with Crippen LogP contribution in [-0.4, -0.2) is 36.4 Å². The quantitative estimate of drug-likeness (QED) is 0.385. The highest BCUT2D eigenvalue weighted by molar-refractivity contribution is 14.1. The summed E-state index contributed by atoms with van der Waals surface area (Å²) in [6, 6.07) is 23.7. The van der Waals surface area contributed by atoms with E-state index in [0.29, 0.717) is 17.2 Å². The van der Waals surface area contributed by atoms with Gasteiger partial charge in [-0.05, 0) is 64.0 Å². The van der Waals surface area contributed by atoms with Gasteiger partial charge in [-0.1, -0.05) is 60.1 Å². The minimum atomic E-state index is -0.716. The molecule has 0 aliphatic heterocycles. The van der Waals surface area contributed by atoms with Gasteiger partial charge in [-0.2, -0.15) is 0 Å². The van der Waals surface area contributed by atoms with E-state index in [1.54, 1.807) is 18.0 Å². The van der Waals surface area contributed by atoms with Crippen LogP contribution < -0.4 is 10.1 Å². The van der Waals surface area contributed by atoms with Gasteiger partial charge in [0.1, 0.15) is 11.8 Å². The van der Waals surface area contributed by atoms with Gasteiger partial charge in [-0.25, -0.2) is 0 Å². The summed E-state index contributed by atoms with van der Waals surface area (Å²) in [4.78, 5) is 27.7. The maximum atomic E-state index is 13.3. The SMILES string of the molecule is CNC(=O)[C@@H](Cc1ccccc1)N(Cc1ccccc1Cl)C(=O)COc1ccc(I)cc1. The summed E-state index contributed by atoms with van der Waals surface area (Å²) in [5.41, 5.74) is 1.72. The lowest BCUT2D eigenvalue weighted by atomic mass is 10.0. The highest BCUT2D eigenvalue weighted by Gasteiger charge is 2.30. The predicted molar refractivity (Wildman–Crippen MR) is 135 cm³/mol. The van der Waals surface area contributed by atoms with E-state index >= 15 is 0 Å². The number of carbonyl (C=O) groups excluding carboxylic acids is 2. The Morgan fingerprint density at radius 2 is 1.66 bits per heavy atom. The fraction of sp³-hybridized carbons (Fsp3) is 0.200. The number of benzene rings is 3. The van der Waals surface area contributed by atoms with E-state index in [4.69, 9.17) is 16.3 Å². The zero-order chi connectivity index (χ0) is 22.9. The summed E-state index contributed by atoms with van der Waals surface area (Å²) in [6.07, 6.45) is 0.375. The Balaban J connectivity index is 1.87. The van der Waals surface area contributed by atoms with Gasteiger partial charge in [0.2, 0.25) is 5.91 Å². The first-order valence-corrected chi connectivity index (χ1v) is 11.6. The van der Waals surface area contributed by atoms with Crippen LogP contribution in [0.3, 0.4) is 0 Å². The molecule has 2 amide bonds.